The van der Waals surface area contributed by atoms with Crippen molar-refractivity contribution in [2.24, 2.45) is 0 Å². The predicted molar refractivity (Wildman–Crippen MR) is 223 cm³/mol. The maximum Gasteiger partial charge on any atom is 0.338 e. The first-order valence-corrected chi connectivity index (χ1v) is 23.3. The Bertz CT molecular complexity index is 1370. The molecular formula is C46H74O8S. The van der Waals surface area contributed by atoms with Crippen LogP contribution in [0.1, 0.15) is 215 Å². The lowest BCUT2D eigenvalue weighted by molar-refractivity contribution is 0.0309. The fraction of sp³-hybridized carbons (Fsp3) is 0.696. The predicted octanol–water partition coefficient (Wildman–Crippen LogP) is 13.2. The maximum atomic E-state index is 13.7. The largest absolute Gasteiger partial charge is 0.507 e. The van der Waals surface area contributed by atoms with E-state index < -0.39 is 43.1 Å². The summed E-state index contributed by atoms with van der Waals surface area (Å²) >= 11 is 0. The summed E-state index contributed by atoms with van der Waals surface area (Å²) in [5, 5.41) is 21.1. The molecule has 0 bridgehead atoms. The van der Waals surface area contributed by atoms with E-state index in [4.69, 9.17) is 9.47 Å². The summed E-state index contributed by atoms with van der Waals surface area (Å²) in [6.07, 6.45) is 30.4. The van der Waals surface area contributed by atoms with Crippen LogP contribution in [0.15, 0.2) is 46.2 Å². The molecule has 0 heterocycles. The van der Waals surface area contributed by atoms with Crippen molar-refractivity contribution in [1.29, 1.82) is 0 Å². The van der Waals surface area contributed by atoms with Gasteiger partial charge in [-0.25, -0.2) is 18.0 Å². The summed E-state index contributed by atoms with van der Waals surface area (Å²) in [5.41, 5.74) is -0.0841. The molecule has 2 aromatic carbocycles. The highest BCUT2D eigenvalue weighted by Gasteiger charge is 2.28. The molecule has 8 nitrogen and oxygen atoms in total. The lowest BCUT2D eigenvalue weighted by Gasteiger charge is -2.15. The Balaban J connectivity index is 1.83. The molecule has 0 saturated carbocycles. The number of unbranched alkanes of at least 4 members (excludes halogenated alkanes) is 22. The molecule has 0 aliphatic rings. The Morgan fingerprint density at radius 2 is 0.764 bits per heavy atom. The molecule has 0 aromatic heterocycles. The van der Waals surface area contributed by atoms with Crippen LogP contribution in [0.3, 0.4) is 0 Å². The summed E-state index contributed by atoms with van der Waals surface area (Å²) in [6.45, 7) is 8.11. The Labute approximate surface area is 334 Å². The van der Waals surface area contributed by atoms with Crippen LogP contribution in [0.5, 0.6) is 11.5 Å². The Morgan fingerprint density at radius 3 is 1.05 bits per heavy atom. The topological polar surface area (TPSA) is 127 Å². The van der Waals surface area contributed by atoms with Gasteiger partial charge in [0, 0.05) is 0 Å². The first-order valence-electron chi connectivity index (χ1n) is 21.8. The average Bonchev–Trinajstić information content (AvgIpc) is 3.15. The maximum absolute atomic E-state index is 13.7. The summed E-state index contributed by atoms with van der Waals surface area (Å²) in [7, 11) is -4.55. The molecule has 0 amide bonds. The van der Waals surface area contributed by atoms with Crippen molar-refractivity contribution in [3.63, 3.8) is 0 Å². The Hall–Kier alpha value is -3.07. The van der Waals surface area contributed by atoms with Gasteiger partial charge in [-0.2, -0.15) is 0 Å². The number of phenolic OH excluding ortho intramolecular Hbond substituents is 2. The Kier molecular flexibility index (Phi) is 24.8. The Morgan fingerprint density at radius 1 is 0.491 bits per heavy atom. The van der Waals surface area contributed by atoms with E-state index in [0.717, 1.165) is 62.8 Å². The number of hydrogen-bond acceptors (Lipinski definition) is 8. The van der Waals surface area contributed by atoms with E-state index in [1.165, 1.54) is 128 Å². The highest BCUT2D eigenvalue weighted by molar-refractivity contribution is 7.91. The number of benzene rings is 2. The van der Waals surface area contributed by atoms with Crippen molar-refractivity contribution in [3.8, 4) is 11.5 Å². The normalized spacial score (nSPS) is 12.7. The molecule has 0 radical (unpaired) electrons. The number of hydrogen-bond donors (Lipinski definition) is 2. The van der Waals surface area contributed by atoms with E-state index in [1.54, 1.807) is 0 Å². The van der Waals surface area contributed by atoms with Gasteiger partial charge in [-0.1, -0.05) is 155 Å². The molecule has 0 aliphatic heterocycles. The molecule has 2 atom stereocenters. The number of aromatic hydroxyl groups is 2. The van der Waals surface area contributed by atoms with Gasteiger partial charge in [-0.05, 0) is 75.9 Å². The van der Waals surface area contributed by atoms with Gasteiger partial charge in [-0.15, -0.1) is 0 Å². The van der Waals surface area contributed by atoms with Crippen LogP contribution in [-0.2, 0) is 19.3 Å². The smallest absolute Gasteiger partial charge is 0.338 e. The molecule has 0 saturated heterocycles. The number of carbonyl (C=O) groups excluding carboxylic acids is 2. The minimum Gasteiger partial charge on any atom is -0.507 e. The summed E-state index contributed by atoms with van der Waals surface area (Å²) in [4.78, 5) is 24.9. The monoisotopic (exact) mass is 787 g/mol. The van der Waals surface area contributed by atoms with Crippen molar-refractivity contribution >= 4 is 21.8 Å². The minimum absolute atomic E-state index is 0.0420. The summed E-state index contributed by atoms with van der Waals surface area (Å²) < 4.78 is 38.7. The number of rotatable bonds is 32. The van der Waals surface area contributed by atoms with E-state index in [0.29, 0.717) is 12.8 Å². The second kappa shape index (κ2) is 28.3. The quantitative estimate of drug-likeness (QED) is 0.0554. The van der Waals surface area contributed by atoms with Gasteiger partial charge >= 0.3 is 11.9 Å². The van der Waals surface area contributed by atoms with Crippen LogP contribution in [0.25, 0.3) is 0 Å². The standard InChI is InChI=1S/C46H74O8S/c1-5-7-9-11-13-15-17-19-21-23-25-27-29-37(3)53-45(49)39-31-33-41(47)43(35-39)55(51,52)44-36-40(32-34-42(44)48)46(50)54-38(4)30-28-26-24-22-20-18-16-14-12-10-8-6-2/h31-38,47-48H,5-30H2,1-4H3. The van der Waals surface area contributed by atoms with E-state index in [9.17, 15) is 28.2 Å². The number of phenols is 2. The zero-order valence-corrected chi connectivity index (χ0v) is 35.6. The van der Waals surface area contributed by atoms with E-state index in [1.807, 2.05) is 13.8 Å². The molecule has 2 rings (SSSR count). The molecule has 9 heteroatoms. The van der Waals surface area contributed by atoms with Crippen molar-refractivity contribution < 1.29 is 37.7 Å². The first-order chi connectivity index (χ1) is 26.5. The molecule has 0 spiro atoms. The van der Waals surface area contributed by atoms with Crippen LogP contribution in [-0.4, -0.2) is 42.8 Å². The number of esters is 2. The molecule has 312 valence electrons. The van der Waals surface area contributed by atoms with Gasteiger partial charge in [0.05, 0.1) is 23.3 Å². The molecule has 0 fully saturated rings. The minimum atomic E-state index is -4.55. The van der Waals surface area contributed by atoms with Crippen molar-refractivity contribution in [2.45, 2.75) is 217 Å². The fourth-order valence-electron chi connectivity index (χ4n) is 7.00. The van der Waals surface area contributed by atoms with Gasteiger partial charge in [0.2, 0.25) is 9.84 Å². The van der Waals surface area contributed by atoms with E-state index >= 15 is 0 Å². The van der Waals surface area contributed by atoms with Crippen molar-refractivity contribution in [3.05, 3.63) is 47.5 Å². The van der Waals surface area contributed by atoms with Gasteiger partial charge in [0.1, 0.15) is 21.3 Å². The average molecular weight is 787 g/mol. The molecule has 2 N–H and O–H groups in total. The number of carbonyl (C=O) groups is 2. The second-order valence-corrected chi connectivity index (χ2v) is 17.5. The van der Waals surface area contributed by atoms with Crippen LogP contribution < -0.4 is 0 Å². The lowest BCUT2D eigenvalue weighted by Crippen LogP contribution is -2.16. The third kappa shape index (κ3) is 19.6. The first kappa shape index (κ1) is 48.1. The summed E-state index contributed by atoms with van der Waals surface area (Å²) in [5.74, 6) is -2.59. The van der Waals surface area contributed by atoms with Gasteiger partial charge in [0.15, 0.2) is 0 Å². The summed E-state index contributed by atoms with van der Waals surface area (Å²) in [6, 6.07) is 6.93. The van der Waals surface area contributed by atoms with Gasteiger partial charge in [0.25, 0.3) is 0 Å². The fourth-order valence-corrected chi connectivity index (χ4v) is 8.48. The lowest BCUT2D eigenvalue weighted by atomic mass is 10.0. The molecule has 2 unspecified atom stereocenters. The number of sulfone groups is 1. The van der Waals surface area contributed by atoms with Crippen LogP contribution in [0, 0.1) is 0 Å². The number of ether oxygens (including phenoxy) is 2. The van der Waals surface area contributed by atoms with Gasteiger partial charge < -0.3 is 19.7 Å². The van der Waals surface area contributed by atoms with Crippen LogP contribution in [0.2, 0.25) is 0 Å². The van der Waals surface area contributed by atoms with E-state index in [2.05, 4.69) is 13.8 Å². The third-order valence-electron chi connectivity index (χ3n) is 10.5. The molecule has 55 heavy (non-hydrogen) atoms. The third-order valence-corrected chi connectivity index (χ3v) is 12.3. The van der Waals surface area contributed by atoms with Crippen molar-refractivity contribution in [2.75, 3.05) is 0 Å². The van der Waals surface area contributed by atoms with E-state index in [-0.39, 0.29) is 23.3 Å². The molecule has 2 aromatic rings. The highest BCUT2D eigenvalue weighted by Crippen LogP contribution is 2.35. The van der Waals surface area contributed by atoms with Gasteiger partial charge in [-0.3, -0.25) is 0 Å². The van der Waals surface area contributed by atoms with Crippen LogP contribution in [0.4, 0.5) is 0 Å². The second-order valence-electron chi connectivity index (χ2n) is 15.7. The zero-order chi connectivity index (χ0) is 40.3. The zero-order valence-electron chi connectivity index (χ0n) is 34.8. The van der Waals surface area contributed by atoms with Crippen LogP contribution >= 0.6 is 0 Å². The SMILES string of the molecule is CCCCCCCCCCCCCCC(C)OC(=O)c1ccc(O)c(S(=O)(=O)c2cc(C(=O)OC(C)CCCCCCCCCCCCCC)ccc2O)c1. The molecule has 0 aliphatic carbocycles. The highest BCUT2D eigenvalue weighted by atomic mass is 32.2. The molecular weight excluding hydrogens is 713 g/mol. The van der Waals surface area contributed by atoms with Crippen molar-refractivity contribution in [1.82, 2.24) is 0 Å².